The van der Waals surface area contributed by atoms with Crippen LogP contribution >= 0.6 is 0 Å². The fraction of sp³-hybridized carbons (Fsp3) is 0.846. The number of hydrogen-bond donors (Lipinski definition) is 3. The molecule has 2 saturated heterocycles. The number of amides is 2. The van der Waals surface area contributed by atoms with Gasteiger partial charge in [-0.1, -0.05) is 0 Å². The molecule has 0 bridgehead atoms. The summed E-state index contributed by atoms with van der Waals surface area (Å²) in [5.74, 6) is -0.0521. The van der Waals surface area contributed by atoms with Gasteiger partial charge in [0, 0.05) is 45.9 Å². The van der Waals surface area contributed by atoms with Crippen molar-refractivity contribution in [3.8, 4) is 0 Å². The summed E-state index contributed by atoms with van der Waals surface area (Å²) in [5.41, 5.74) is 0. The molecule has 0 radical (unpaired) electrons. The third-order valence-electron chi connectivity index (χ3n) is 3.84. The van der Waals surface area contributed by atoms with E-state index in [2.05, 4.69) is 16.0 Å². The van der Waals surface area contributed by atoms with Gasteiger partial charge in [0.15, 0.2) is 0 Å². The van der Waals surface area contributed by atoms with Gasteiger partial charge in [-0.15, -0.1) is 0 Å². The molecule has 0 saturated carbocycles. The molecule has 1 atom stereocenters. The predicted molar refractivity (Wildman–Crippen MR) is 74.3 cm³/mol. The van der Waals surface area contributed by atoms with Crippen molar-refractivity contribution in [1.29, 1.82) is 0 Å². The Balaban J connectivity index is 1.82. The van der Waals surface area contributed by atoms with Crippen LogP contribution in [0.2, 0.25) is 0 Å². The van der Waals surface area contributed by atoms with Gasteiger partial charge in [0.1, 0.15) is 6.04 Å². The highest BCUT2D eigenvalue weighted by atomic mass is 16.5. The summed E-state index contributed by atoms with van der Waals surface area (Å²) in [6, 6.07) is -0.0631. The Labute approximate surface area is 119 Å². The van der Waals surface area contributed by atoms with Gasteiger partial charge in [0.05, 0.1) is 6.54 Å². The minimum atomic E-state index is -0.269. The number of likely N-dealkylation sites (N-methyl/N-ethyl adjacent to an activating group) is 1. The summed E-state index contributed by atoms with van der Waals surface area (Å²) in [6.07, 6.45) is 1.73. The summed E-state index contributed by atoms with van der Waals surface area (Å²) in [7, 11) is 1.62. The van der Waals surface area contributed by atoms with Gasteiger partial charge < -0.3 is 20.7 Å². The molecule has 1 unspecified atom stereocenters. The first-order chi connectivity index (χ1) is 9.70. The molecule has 2 aliphatic heterocycles. The van der Waals surface area contributed by atoms with E-state index in [-0.39, 0.29) is 30.4 Å². The molecule has 0 spiro atoms. The van der Waals surface area contributed by atoms with Gasteiger partial charge in [0.2, 0.25) is 11.8 Å². The fourth-order valence-corrected chi connectivity index (χ4v) is 2.66. The van der Waals surface area contributed by atoms with Crippen molar-refractivity contribution in [2.75, 3.05) is 46.4 Å². The highest BCUT2D eigenvalue weighted by molar-refractivity contribution is 5.84. The second-order valence-electron chi connectivity index (χ2n) is 5.26. The molecule has 2 rings (SSSR count). The first-order valence-electron chi connectivity index (χ1n) is 7.24. The Kier molecular flexibility index (Phi) is 5.75. The predicted octanol–water partition coefficient (Wildman–Crippen LogP) is -1.70. The number of carbonyl (C=O) groups is 2. The molecule has 7 nitrogen and oxygen atoms in total. The molecule has 0 aliphatic carbocycles. The molecule has 2 amide bonds. The lowest BCUT2D eigenvalue weighted by molar-refractivity contribution is -0.129. The highest BCUT2D eigenvalue weighted by Crippen LogP contribution is 2.07. The molecular formula is C13H24N4O3. The zero-order valence-electron chi connectivity index (χ0n) is 12.0. The van der Waals surface area contributed by atoms with Crippen LogP contribution in [0.3, 0.4) is 0 Å². The van der Waals surface area contributed by atoms with Crippen LogP contribution in [-0.2, 0) is 14.3 Å². The van der Waals surface area contributed by atoms with Crippen LogP contribution in [-0.4, -0.2) is 75.2 Å². The second kappa shape index (κ2) is 7.56. The van der Waals surface area contributed by atoms with Crippen LogP contribution in [0.5, 0.6) is 0 Å². The van der Waals surface area contributed by atoms with Crippen molar-refractivity contribution < 1.29 is 14.3 Å². The molecule has 7 heteroatoms. The van der Waals surface area contributed by atoms with Crippen LogP contribution < -0.4 is 16.0 Å². The van der Waals surface area contributed by atoms with Crippen molar-refractivity contribution in [3.63, 3.8) is 0 Å². The van der Waals surface area contributed by atoms with E-state index in [1.807, 2.05) is 4.90 Å². The van der Waals surface area contributed by atoms with Crippen LogP contribution in [0.25, 0.3) is 0 Å². The monoisotopic (exact) mass is 284 g/mol. The minimum absolute atomic E-state index is 0.00676. The largest absolute Gasteiger partial charge is 0.381 e. The molecule has 2 aliphatic rings. The molecule has 2 fully saturated rings. The molecular weight excluding hydrogens is 260 g/mol. The Hall–Kier alpha value is -1.18. The number of nitrogens with one attached hydrogen (secondary N) is 3. The summed E-state index contributed by atoms with van der Waals surface area (Å²) in [6.45, 7) is 3.79. The van der Waals surface area contributed by atoms with E-state index in [4.69, 9.17) is 4.74 Å². The smallest absolute Gasteiger partial charge is 0.238 e. The Bertz CT molecular complexity index is 345. The van der Waals surface area contributed by atoms with Crippen molar-refractivity contribution >= 4 is 11.8 Å². The number of piperazine rings is 1. The van der Waals surface area contributed by atoms with E-state index in [9.17, 15) is 9.59 Å². The van der Waals surface area contributed by atoms with E-state index in [1.54, 1.807) is 7.05 Å². The van der Waals surface area contributed by atoms with E-state index < -0.39 is 0 Å². The highest BCUT2D eigenvalue weighted by Gasteiger charge is 2.29. The third-order valence-corrected chi connectivity index (χ3v) is 3.84. The van der Waals surface area contributed by atoms with E-state index in [0.717, 1.165) is 19.4 Å². The summed E-state index contributed by atoms with van der Waals surface area (Å²) < 4.78 is 5.27. The lowest BCUT2D eigenvalue weighted by atomic mass is 10.1. The van der Waals surface area contributed by atoms with Gasteiger partial charge in [-0.05, 0) is 12.8 Å². The van der Waals surface area contributed by atoms with E-state index >= 15 is 0 Å². The number of hydrogen-bond acceptors (Lipinski definition) is 5. The Morgan fingerprint density at radius 3 is 2.80 bits per heavy atom. The van der Waals surface area contributed by atoms with Crippen molar-refractivity contribution in [2.24, 2.45) is 0 Å². The fourth-order valence-electron chi connectivity index (χ4n) is 2.66. The zero-order valence-corrected chi connectivity index (χ0v) is 12.0. The molecule has 3 N–H and O–H groups in total. The van der Waals surface area contributed by atoms with Crippen LogP contribution in [0.4, 0.5) is 0 Å². The van der Waals surface area contributed by atoms with Gasteiger partial charge in [-0.3, -0.25) is 14.5 Å². The lowest BCUT2D eigenvalue weighted by Gasteiger charge is -2.34. The Morgan fingerprint density at radius 2 is 2.10 bits per heavy atom. The standard InChI is InChI=1S/C13H24N4O3/c1-14-13(19)11-8-15-4-5-17(11)9-12(18)16-10-2-6-20-7-3-10/h10-11,15H,2-9H2,1H3,(H,14,19)(H,16,18). The number of carbonyl (C=O) groups excluding carboxylic acids is 2. The molecule has 0 aromatic rings. The first kappa shape index (κ1) is 15.2. The maximum atomic E-state index is 12.1. The quantitative estimate of drug-likeness (QED) is 0.573. The lowest BCUT2D eigenvalue weighted by Crippen LogP contribution is -2.59. The number of ether oxygens (including phenoxy) is 1. The molecule has 0 aromatic carbocycles. The molecule has 2 heterocycles. The average Bonchev–Trinajstić information content (AvgIpc) is 2.48. The van der Waals surface area contributed by atoms with Crippen molar-refractivity contribution in [2.45, 2.75) is 24.9 Å². The maximum Gasteiger partial charge on any atom is 0.238 e. The minimum Gasteiger partial charge on any atom is -0.381 e. The van der Waals surface area contributed by atoms with Gasteiger partial charge >= 0.3 is 0 Å². The number of nitrogens with zero attached hydrogens (tertiary/aromatic N) is 1. The van der Waals surface area contributed by atoms with Crippen LogP contribution in [0.1, 0.15) is 12.8 Å². The van der Waals surface area contributed by atoms with E-state index in [0.29, 0.717) is 26.3 Å². The van der Waals surface area contributed by atoms with Crippen LogP contribution in [0.15, 0.2) is 0 Å². The zero-order chi connectivity index (χ0) is 14.4. The summed E-state index contributed by atoms with van der Waals surface area (Å²) in [5, 5.41) is 8.87. The molecule has 20 heavy (non-hydrogen) atoms. The van der Waals surface area contributed by atoms with E-state index in [1.165, 1.54) is 0 Å². The second-order valence-corrected chi connectivity index (χ2v) is 5.26. The number of rotatable bonds is 4. The van der Waals surface area contributed by atoms with Crippen molar-refractivity contribution in [1.82, 2.24) is 20.9 Å². The van der Waals surface area contributed by atoms with Gasteiger partial charge in [-0.25, -0.2) is 0 Å². The topological polar surface area (TPSA) is 82.7 Å². The Morgan fingerprint density at radius 1 is 1.35 bits per heavy atom. The van der Waals surface area contributed by atoms with Gasteiger partial charge in [-0.2, -0.15) is 0 Å². The molecule has 114 valence electrons. The van der Waals surface area contributed by atoms with Gasteiger partial charge in [0.25, 0.3) is 0 Å². The normalized spacial score (nSPS) is 25.1. The van der Waals surface area contributed by atoms with Crippen molar-refractivity contribution in [3.05, 3.63) is 0 Å². The first-order valence-corrected chi connectivity index (χ1v) is 7.24. The third kappa shape index (κ3) is 4.16. The molecule has 0 aromatic heterocycles. The summed E-state index contributed by atoms with van der Waals surface area (Å²) in [4.78, 5) is 25.8. The summed E-state index contributed by atoms with van der Waals surface area (Å²) >= 11 is 0. The van der Waals surface area contributed by atoms with Crippen LogP contribution in [0, 0.1) is 0 Å². The average molecular weight is 284 g/mol. The SMILES string of the molecule is CNC(=O)C1CNCCN1CC(=O)NC1CCOCC1. The maximum absolute atomic E-state index is 12.1.